The van der Waals surface area contributed by atoms with Gasteiger partial charge in [-0.15, -0.1) is 0 Å². The van der Waals surface area contributed by atoms with Crippen molar-refractivity contribution in [2.75, 3.05) is 0 Å². The van der Waals surface area contributed by atoms with E-state index >= 15 is 0 Å². The van der Waals surface area contributed by atoms with Crippen LogP contribution >= 0.6 is 0 Å². The quantitative estimate of drug-likeness (QED) is 0.297. The van der Waals surface area contributed by atoms with Crippen LogP contribution < -0.4 is 0 Å². The van der Waals surface area contributed by atoms with Gasteiger partial charge < -0.3 is 0 Å². The highest BCUT2D eigenvalue weighted by Gasteiger charge is 2.21. The Kier molecular flexibility index (Phi) is 8.00. The van der Waals surface area contributed by atoms with E-state index in [1.165, 1.54) is 55.2 Å². The third-order valence-corrected chi connectivity index (χ3v) is 7.73. The lowest BCUT2D eigenvalue weighted by Crippen LogP contribution is -2.12. The molecule has 4 rings (SSSR count). The summed E-state index contributed by atoms with van der Waals surface area (Å²) in [5.41, 5.74) is 5.08. The normalized spacial score (nSPS) is 18.8. The maximum absolute atomic E-state index is 14.9. The SMILES string of the molecule is CCCCCc1ccc2cc(CCc3ccc(C4CCC(CC)CC4)cc3)ccc2c1F. The fourth-order valence-corrected chi connectivity index (χ4v) is 5.45. The molecule has 0 bridgehead atoms. The fourth-order valence-electron chi connectivity index (χ4n) is 5.45. The highest BCUT2D eigenvalue weighted by atomic mass is 19.1. The molecule has 0 aromatic heterocycles. The van der Waals surface area contributed by atoms with E-state index in [-0.39, 0.29) is 5.82 Å². The van der Waals surface area contributed by atoms with E-state index < -0.39 is 0 Å². The van der Waals surface area contributed by atoms with E-state index in [4.69, 9.17) is 0 Å². The van der Waals surface area contributed by atoms with Crippen molar-refractivity contribution >= 4 is 10.8 Å². The smallest absolute Gasteiger partial charge is 0.134 e. The van der Waals surface area contributed by atoms with Crippen LogP contribution in [-0.2, 0) is 19.3 Å². The van der Waals surface area contributed by atoms with Crippen molar-refractivity contribution in [3.8, 4) is 0 Å². The van der Waals surface area contributed by atoms with Crippen LogP contribution in [0.25, 0.3) is 10.8 Å². The van der Waals surface area contributed by atoms with Gasteiger partial charge in [0.15, 0.2) is 0 Å². The first-order valence-corrected chi connectivity index (χ1v) is 13.0. The van der Waals surface area contributed by atoms with Crippen LogP contribution in [0.15, 0.2) is 54.6 Å². The second kappa shape index (κ2) is 11.1. The maximum Gasteiger partial charge on any atom is 0.134 e. The molecule has 0 amide bonds. The predicted octanol–water partition coefficient (Wildman–Crippen LogP) is 9.18. The molecule has 0 atom stereocenters. The van der Waals surface area contributed by atoms with E-state index in [9.17, 15) is 4.39 Å². The number of benzene rings is 3. The topological polar surface area (TPSA) is 0 Å². The van der Waals surface area contributed by atoms with Crippen LogP contribution in [0.4, 0.5) is 4.39 Å². The van der Waals surface area contributed by atoms with Crippen LogP contribution in [0, 0.1) is 11.7 Å². The van der Waals surface area contributed by atoms with Crippen molar-refractivity contribution in [2.45, 2.75) is 90.4 Å². The average Bonchev–Trinajstić information content (AvgIpc) is 2.84. The summed E-state index contributed by atoms with van der Waals surface area (Å²) in [7, 11) is 0. The van der Waals surface area contributed by atoms with Gasteiger partial charge in [0, 0.05) is 5.39 Å². The summed E-state index contributed by atoms with van der Waals surface area (Å²) >= 11 is 0. The Morgan fingerprint density at radius 1 is 0.750 bits per heavy atom. The Balaban J connectivity index is 1.36. The zero-order valence-corrected chi connectivity index (χ0v) is 20.0. The summed E-state index contributed by atoms with van der Waals surface area (Å²) in [5.74, 6) is 1.69. The Hall–Kier alpha value is -2.15. The molecule has 0 N–H and O–H groups in total. The highest BCUT2D eigenvalue weighted by molar-refractivity contribution is 5.84. The Morgan fingerprint density at radius 3 is 2.19 bits per heavy atom. The largest absolute Gasteiger partial charge is 0.206 e. The number of fused-ring (bicyclic) bond motifs is 1. The Bertz CT molecular complexity index is 993. The molecule has 0 radical (unpaired) electrons. The second-order valence-corrected chi connectivity index (χ2v) is 9.92. The molecule has 0 spiro atoms. The number of halogens is 1. The molecule has 170 valence electrons. The van der Waals surface area contributed by atoms with Gasteiger partial charge in [0.05, 0.1) is 0 Å². The predicted molar refractivity (Wildman–Crippen MR) is 136 cm³/mol. The lowest BCUT2D eigenvalue weighted by atomic mass is 9.78. The van der Waals surface area contributed by atoms with Crippen LogP contribution in [0.5, 0.6) is 0 Å². The summed E-state index contributed by atoms with van der Waals surface area (Å²) in [4.78, 5) is 0. The highest BCUT2D eigenvalue weighted by Crippen LogP contribution is 2.37. The number of hydrogen-bond acceptors (Lipinski definition) is 0. The lowest BCUT2D eigenvalue weighted by molar-refractivity contribution is 0.319. The number of aryl methyl sites for hydroxylation is 3. The van der Waals surface area contributed by atoms with Gasteiger partial charge in [0.2, 0.25) is 0 Å². The summed E-state index contributed by atoms with van der Waals surface area (Å²) in [6.45, 7) is 4.52. The van der Waals surface area contributed by atoms with Crippen molar-refractivity contribution in [3.05, 3.63) is 82.7 Å². The maximum atomic E-state index is 14.9. The molecular weight excluding hydrogens is 391 g/mol. The first-order chi connectivity index (χ1) is 15.7. The molecule has 0 unspecified atom stereocenters. The third kappa shape index (κ3) is 5.61. The number of rotatable bonds is 9. The first kappa shape index (κ1) is 23.0. The molecule has 0 heterocycles. The van der Waals surface area contributed by atoms with Crippen molar-refractivity contribution in [2.24, 2.45) is 5.92 Å². The van der Waals surface area contributed by atoms with Crippen LogP contribution in [0.3, 0.4) is 0 Å². The summed E-state index contributed by atoms with van der Waals surface area (Å²) in [6.07, 6.45) is 13.1. The minimum atomic E-state index is -0.0197. The first-order valence-electron chi connectivity index (χ1n) is 13.0. The minimum absolute atomic E-state index is 0.0197. The van der Waals surface area contributed by atoms with E-state index in [0.29, 0.717) is 0 Å². The summed E-state index contributed by atoms with van der Waals surface area (Å²) < 4.78 is 14.9. The van der Waals surface area contributed by atoms with Gasteiger partial charge in [-0.05, 0) is 90.8 Å². The molecule has 0 nitrogen and oxygen atoms in total. The molecule has 1 aliphatic carbocycles. The zero-order valence-electron chi connectivity index (χ0n) is 20.0. The van der Waals surface area contributed by atoms with Crippen LogP contribution in [0.2, 0.25) is 0 Å². The average molecular weight is 431 g/mol. The minimum Gasteiger partial charge on any atom is -0.206 e. The standard InChI is InChI=1S/C31H39F/c1-3-5-6-7-28-19-20-29-22-25(14-21-30(29)31(28)32)9-8-24-12-17-27(18-13-24)26-15-10-23(4-2)11-16-26/h12-14,17-23,26H,3-11,15-16H2,1-2H3. The molecule has 0 saturated heterocycles. The Labute approximate surface area is 194 Å². The molecule has 1 saturated carbocycles. The van der Waals surface area contributed by atoms with Gasteiger partial charge in [0.25, 0.3) is 0 Å². The second-order valence-electron chi connectivity index (χ2n) is 9.92. The van der Waals surface area contributed by atoms with Gasteiger partial charge in [-0.25, -0.2) is 4.39 Å². The Morgan fingerprint density at radius 2 is 1.47 bits per heavy atom. The molecular formula is C31H39F. The lowest BCUT2D eigenvalue weighted by Gasteiger charge is -2.28. The fraction of sp³-hybridized carbons (Fsp3) is 0.484. The van der Waals surface area contributed by atoms with Gasteiger partial charge in [0.1, 0.15) is 5.82 Å². The van der Waals surface area contributed by atoms with E-state index in [0.717, 1.165) is 60.3 Å². The molecule has 3 aromatic carbocycles. The van der Waals surface area contributed by atoms with Crippen molar-refractivity contribution in [1.29, 1.82) is 0 Å². The zero-order chi connectivity index (χ0) is 22.3. The van der Waals surface area contributed by atoms with Gasteiger partial charge in [-0.3, -0.25) is 0 Å². The van der Waals surface area contributed by atoms with Crippen molar-refractivity contribution in [3.63, 3.8) is 0 Å². The van der Waals surface area contributed by atoms with Gasteiger partial charge >= 0.3 is 0 Å². The van der Waals surface area contributed by atoms with Crippen LogP contribution in [0.1, 0.15) is 93.4 Å². The molecule has 1 aliphatic rings. The third-order valence-electron chi connectivity index (χ3n) is 7.73. The molecule has 1 fully saturated rings. The van der Waals surface area contributed by atoms with E-state index in [1.807, 2.05) is 12.1 Å². The number of unbranched alkanes of at least 4 members (excludes halogenated alkanes) is 2. The van der Waals surface area contributed by atoms with Gasteiger partial charge in [-0.1, -0.05) is 87.7 Å². The van der Waals surface area contributed by atoms with Crippen molar-refractivity contribution in [1.82, 2.24) is 0 Å². The molecule has 3 aromatic rings. The molecule has 32 heavy (non-hydrogen) atoms. The van der Waals surface area contributed by atoms with Crippen LogP contribution in [-0.4, -0.2) is 0 Å². The van der Waals surface area contributed by atoms with E-state index in [1.54, 1.807) is 0 Å². The molecule has 1 heteroatoms. The number of hydrogen-bond donors (Lipinski definition) is 0. The van der Waals surface area contributed by atoms with E-state index in [2.05, 4.69) is 56.3 Å². The van der Waals surface area contributed by atoms with Crippen molar-refractivity contribution < 1.29 is 4.39 Å². The monoisotopic (exact) mass is 430 g/mol. The van der Waals surface area contributed by atoms with Gasteiger partial charge in [-0.2, -0.15) is 0 Å². The summed E-state index contributed by atoms with van der Waals surface area (Å²) in [6, 6.07) is 19.7. The molecule has 0 aliphatic heterocycles. The summed E-state index contributed by atoms with van der Waals surface area (Å²) in [5, 5.41) is 1.79.